The molecule has 0 saturated carbocycles. The van der Waals surface area contributed by atoms with Gasteiger partial charge in [0.1, 0.15) is 18.0 Å². The Morgan fingerprint density at radius 1 is 1.29 bits per heavy atom. The number of amides is 1. The Hall–Kier alpha value is -1.85. The van der Waals surface area contributed by atoms with Crippen LogP contribution < -0.4 is 10.6 Å². The fraction of sp³-hybridized carbons (Fsp3) is 0.667. The number of nitrogens with one attached hydrogen (secondary N) is 2. The molecule has 1 fully saturated rings. The summed E-state index contributed by atoms with van der Waals surface area (Å²) in [5.74, 6) is 2.20. The van der Waals surface area contributed by atoms with E-state index in [2.05, 4.69) is 34.4 Å². The van der Waals surface area contributed by atoms with Gasteiger partial charge in [-0.15, -0.1) is 0 Å². The van der Waals surface area contributed by atoms with Crippen LogP contribution in [0.5, 0.6) is 0 Å². The van der Waals surface area contributed by atoms with E-state index < -0.39 is 0 Å². The van der Waals surface area contributed by atoms with Crippen LogP contribution in [0, 0.1) is 0 Å². The van der Waals surface area contributed by atoms with Gasteiger partial charge in [0.15, 0.2) is 0 Å². The molecular formula is C15H25N5O. The predicted molar refractivity (Wildman–Crippen MR) is 84.6 cm³/mol. The summed E-state index contributed by atoms with van der Waals surface area (Å²) < 4.78 is 0. The third-order valence-corrected chi connectivity index (χ3v) is 3.79. The van der Waals surface area contributed by atoms with Gasteiger partial charge in [-0.05, 0) is 18.8 Å². The van der Waals surface area contributed by atoms with Crippen molar-refractivity contribution in [3.8, 4) is 0 Å². The molecule has 1 amide bonds. The normalized spacial score (nSPS) is 14.6. The Balaban J connectivity index is 1.95. The lowest BCUT2D eigenvalue weighted by Gasteiger charge is -2.18. The Morgan fingerprint density at radius 3 is 2.57 bits per heavy atom. The average molecular weight is 291 g/mol. The second kappa shape index (κ2) is 7.24. The molecule has 6 heteroatoms. The molecular weight excluding hydrogens is 266 g/mol. The molecule has 6 nitrogen and oxygen atoms in total. The monoisotopic (exact) mass is 291 g/mol. The summed E-state index contributed by atoms with van der Waals surface area (Å²) in [6.07, 6.45) is 4.32. The summed E-state index contributed by atoms with van der Waals surface area (Å²) >= 11 is 0. The van der Waals surface area contributed by atoms with Crippen LogP contribution in [-0.4, -0.2) is 47.5 Å². The smallest absolute Gasteiger partial charge is 0.224 e. The van der Waals surface area contributed by atoms with Crippen molar-refractivity contribution >= 4 is 17.5 Å². The number of anilines is 2. The second-order valence-corrected chi connectivity index (χ2v) is 5.65. The number of likely N-dealkylation sites (tertiary alicyclic amines) is 1. The number of aromatic nitrogens is 2. The third-order valence-electron chi connectivity index (χ3n) is 3.79. The van der Waals surface area contributed by atoms with E-state index in [-0.39, 0.29) is 5.91 Å². The first kappa shape index (κ1) is 15.5. The minimum absolute atomic E-state index is 0.231. The summed E-state index contributed by atoms with van der Waals surface area (Å²) in [7, 11) is 1.86. The second-order valence-electron chi connectivity index (χ2n) is 5.65. The van der Waals surface area contributed by atoms with E-state index in [0.29, 0.717) is 18.9 Å². The standard InChI is InChI=1S/C15H25N5O/c1-11(2)13-14(16-3)18-10-19-15(13)17-7-6-12(21)20-8-4-5-9-20/h10-11H,4-9H2,1-3H3,(H2,16,17,18,19). The van der Waals surface area contributed by atoms with Gasteiger partial charge in [-0.3, -0.25) is 4.79 Å². The zero-order valence-corrected chi connectivity index (χ0v) is 13.1. The Bertz CT molecular complexity index is 483. The fourth-order valence-electron chi connectivity index (χ4n) is 2.70. The highest BCUT2D eigenvalue weighted by atomic mass is 16.2. The van der Waals surface area contributed by atoms with E-state index >= 15 is 0 Å². The van der Waals surface area contributed by atoms with Crippen LogP contribution in [0.1, 0.15) is 44.6 Å². The van der Waals surface area contributed by atoms with E-state index in [4.69, 9.17) is 0 Å². The van der Waals surface area contributed by atoms with Gasteiger partial charge < -0.3 is 15.5 Å². The largest absolute Gasteiger partial charge is 0.373 e. The van der Waals surface area contributed by atoms with Crippen LogP contribution in [0.4, 0.5) is 11.6 Å². The minimum atomic E-state index is 0.231. The molecule has 0 aromatic carbocycles. The molecule has 2 N–H and O–H groups in total. The molecule has 0 aliphatic carbocycles. The van der Waals surface area contributed by atoms with Gasteiger partial charge in [0, 0.05) is 38.7 Å². The van der Waals surface area contributed by atoms with Crippen LogP contribution in [-0.2, 0) is 4.79 Å². The summed E-state index contributed by atoms with van der Waals surface area (Å²) in [6, 6.07) is 0. The van der Waals surface area contributed by atoms with Crippen molar-refractivity contribution in [1.82, 2.24) is 14.9 Å². The van der Waals surface area contributed by atoms with Crippen molar-refractivity contribution < 1.29 is 4.79 Å². The molecule has 21 heavy (non-hydrogen) atoms. The van der Waals surface area contributed by atoms with Gasteiger partial charge in [-0.1, -0.05) is 13.8 Å². The summed E-state index contributed by atoms with van der Waals surface area (Å²) in [4.78, 5) is 22.5. The molecule has 0 spiro atoms. The number of rotatable bonds is 6. The topological polar surface area (TPSA) is 70.1 Å². The highest BCUT2D eigenvalue weighted by Gasteiger charge is 2.18. The van der Waals surface area contributed by atoms with Gasteiger partial charge >= 0.3 is 0 Å². The van der Waals surface area contributed by atoms with Crippen LogP contribution in [0.25, 0.3) is 0 Å². The zero-order chi connectivity index (χ0) is 15.2. The quantitative estimate of drug-likeness (QED) is 0.839. The van der Waals surface area contributed by atoms with Gasteiger partial charge in [-0.2, -0.15) is 0 Å². The fourth-order valence-corrected chi connectivity index (χ4v) is 2.70. The molecule has 0 atom stereocenters. The van der Waals surface area contributed by atoms with Crippen molar-refractivity contribution in [2.75, 3.05) is 37.3 Å². The van der Waals surface area contributed by atoms with E-state index in [1.807, 2.05) is 11.9 Å². The SMILES string of the molecule is CNc1ncnc(NCCC(=O)N2CCCC2)c1C(C)C. The minimum Gasteiger partial charge on any atom is -0.373 e. The molecule has 2 rings (SSSR count). The number of hydrogen-bond acceptors (Lipinski definition) is 5. The molecule has 116 valence electrons. The van der Waals surface area contributed by atoms with E-state index in [9.17, 15) is 4.79 Å². The predicted octanol–water partition coefficient (Wildman–Crippen LogP) is 2.07. The van der Waals surface area contributed by atoms with Crippen LogP contribution in [0.15, 0.2) is 6.33 Å². The van der Waals surface area contributed by atoms with Crippen LogP contribution in [0.2, 0.25) is 0 Å². The Kier molecular flexibility index (Phi) is 5.36. The van der Waals surface area contributed by atoms with E-state index in [1.165, 1.54) is 0 Å². The van der Waals surface area contributed by atoms with Crippen LogP contribution >= 0.6 is 0 Å². The van der Waals surface area contributed by atoms with Crippen molar-refractivity contribution in [3.05, 3.63) is 11.9 Å². The van der Waals surface area contributed by atoms with Gasteiger partial charge in [-0.25, -0.2) is 9.97 Å². The first-order valence-electron chi connectivity index (χ1n) is 7.67. The number of hydrogen-bond donors (Lipinski definition) is 2. The van der Waals surface area contributed by atoms with Crippen molar-refractivity contribution in [1.29, 1.82) is 0 Å². The molecule has 1 aliphatic rings. The molecule has 0 bridgehead atoms. The highest BCUT2D eigenvalue weighted by molar-refractivity contribution is 5.77. The van der Waals surface area contributed by atoms with E-state index in [1.54, 1.807) is 6.33 Å². The maximum Gasteiger partial charge on any atom is 0.224 e. The molecule has 0 radical (unpaired) electrons. The number of carbonyl (C=O) groups excluding carboxylic acids is 1. The summed E-state index contributed by atoms with van der Waals surface area (Å²) in [5, 5.41) is 6.38. The maximum absolute atomic E-state index is 12.0. The lowest BCUT2D eigenvalue weighted by atomic mass is 10.0. The first-order valence-corrected chi connectivity index (χ1v) is 7.67. The molecule has 1 aromatic rings. The highest BCUT2D eigenvalue weighted by Crippen LogP contribution is 2.27. The zero-order valence-electron chi connectivity index (χ0n) is 13.1. The van der Waals surface area contributed by atoms with Gasteiger partial charge in [0.05, 0.1) is 0 Å². The van der Waals surface area contributed by atoms with Crippen molar-refractivity contribution in [2.45, 2.75) is 39.0 Å². The average Bonchev–Trinajstić information content (AvgIpc) is 3.00. The molecule has 0 unspecified atom stereocenters. The van der Waals surface area contributed by atoms with Crippen molar-refractivity contribution in [3.63, 3.8) is 0 Å². The lowest BCUT2D eigenvalue weighted by molar-refractivity contribution is -0.129. The molecule has 1 aliphatic heterocycles. The van der Waals surface area contributed by atoms with Gasteiger partial charge in [0.25, 0.3) is 0 Å². The van der Waals surface area contributed by atoms with Crippen molar-refractivity contribution in [2.24, 2.45) is 0 Å². The third kappa shape index (κ3) is 3.83. The molecule has 2 heterocycles. The number of nitrogens with zero attached hydrogens (tertiary/aromatic N) is 3. The van der Waals surface area contributed by atoms with E-state index in [0.717, 1.165) is 43.1 Å². The Labute approximate surface area is 126 Å². The van der Waals surface area contributed by atoms with Crippen LogP contribution in [0.3, 0.4) is 0 Å². The molecule has 1 saturated heterocycles. The lowest BCUT2D eigenvalue weighted by Crippen LogP contribution is -2.29. The van der Waals surface area contributed by atoms with Gasteiger partial charge in [0.2, 0.25) is 5.91 Å². The molecule has 1 aromatic heterocycles. The first-order chi connectivity index (χ1) is 10.1. The summed E-state index contributed by atoms with van der Waals surface area (Å²) in [6.45, 7) is 6.65. The summed E-state index contributed by atoms with van der Waals surface area (Å²) in [5.41, 5.74) is 1.06. The Morgan fingerprint density at radius 2 is 1.95 bits per heavy atom. The number of carbonyl (C=O) groups is 1. The maximum atomic E-state index is 12.0.